The van der Waals surface area contributed by atoms with Crippen LogP contribution in [-0.2, 0) is 0 Å². The molecule has 1 atom stereocenters. The Kier molecular flexibility index (Phi) is 4.75. The first-order chi connectivity index (χ1) is 13.0. The Labute approximate surface area is 165 Å². The smallest absolute Gasteiger partial charge is 0.138 e. The van der Waals surface area contributed by atoms with Crippen molar-refractivity contribution in [1.29, 1.82) is 0 Å². The Bertz CT molecular complexity index is 986. The molecule has 1 aliphatic rings. The average molecular weight is 377 g/mol. The number of nitrogens with zero attached hydrogens (tertiary/aromatic N) is 1. The molecule has 2 N–H and O–H groups in total. The lowest BCUT2D eigenvalue weighted by atomic mass is 10.1. The van der Waals surface area contributed by atoms with Crippen LogP contribution in [0.1, 0.15) is 18.1 Å². The number of hydrogen-bond donors (Lipinski definition) is 2. The highest BCUT2D eigenvalue weighted by molar-refractivity contribution is 7.99. The number of anilines is 3. The lowest BCUT2D eigenvalue weighted by Gasteiger charge is -2.38. The van der Waals surface area contributed by atoms with Gasteiger partial charge in [-0.2, -0.15) is 0 Å². The topological polar surface area (TPSA) is 35.5 Å². The Morgan fingerprint density at radius 1 is 1.00 bits per heavy atom. The second-order valence-corrected chi connectivity index (χ2v) is 8.20. The number of phenolic OH excluding ortho intramolecular Hbond substituents is 1. The van der Waals surface area contributed by atoms with Crippen molar-refractivity contribution in [2.75, 3.05) is 16.8 Å². The maximum absolute atomic E-state index is 10.1. The molecule has 0 amide bonds. The SMILES string of the molecule is Cc1ccc(O)c(NCC(C)N2c3ccccc3Sc3cccc(C)c32)c1. The zero-order valence-electron chi connectivity index (χ0n) is 15.9. The van der Waals surface area contributed by atoms with Crippen molar-refractivity contribution in [3.63, 3.8) is 0 Å². The molecule has 0 aliphatic carbocycles. The van der Waals surface area contributed by atoms with Crippen molar-refractivity contribution in [2.45, 2.75) is 36.6 Å². The van der Waals surface area contributed by atoms with Crippen LogP contribution >= 0.6 is 11.8 Å². The summed E-state index contributed by atoms with van der Waals surface area (Å²) in [4.78, 5) is 5.00. The Hall–Kier alpha value is -2.59. The summed E-state index contributed by atoms with van der Waals surface area (Å²) in [6, 6.07) is 20.9. The molecule has 3 aromatic rings. The van der Waals surface area contributed by atoms with Crippen LogP contribution in [0.4, 0.5) is 17.1 Å². The summed E-state index contributed by atoms with van der Waals surface area (Å²) >= 11 is 1.83. The van der Waals surface area contributed by atoms with E-state index in [1.54, 1.807) is 6.07 Å². The fraction of sp³-hybridized carbons (Fsp3) is 0.217. The highest BCUT2D eigenvalue weighted by atomic mass is 32.2. The number of phenols is 1. The first kappa shape index (κ1) is 17.8. The van der Waals surface area contributed by atoms with Gasteiger partial charge in [-0.15, -0.1) is 0 Å². The van der Waals surface area contributed by atoms with E-state index in [0.29, 0.717) is 5.75 Å². The van der Waals surface area contributed by atoms with Gasteiger partial charge in [-0.05, 0) is 62.2 Å². The summed E-state index contributed by atoms with van der Waals surface area (Å²) in [5, 5.41) is 13.6. The van der Waals surface area contributed by atoms with Crippen LogP contribution < -0.4 is 10.2 Å². The molecular weight excluding hydrogens is 352 g/mol. The molecule has 0 aromatic heterocycles. The van der Waals surface area contributed by atoms with Gasteiger partial charge in [0, 0.05) is 22.4 Å². The average Bonchev–Trinajstić information content (AvgIpc) is 2.67. The van der Waals surface area contributed by atoms with Crippen molar-refractivity contribution < 1.29 is 5.11 Å². The minimum Gasteiger partial charge on any atom is -0.506 e. The van der Waals surface area contributed by atoms with E-state index in [0.717, 1.165) is 17.8 Å². The zero-order chi connectivity index (χ0) is 19.0. The van der Waals surface area contributed by atoms with Crippen molar-refractivity contribution in [1.82, 2.24) is 0 Å². The number of fused-ring (bicyclic) bond motifs is 2. The third kappa shape index (κ3) is 3.37. The largest absolute Gasteiger partial charge is 0.506 e. The molecule has 27 heavy (non-hydrogen) atoms. The van der Waals surface area contributed by atoms with E-state index in [2.05, 4.69) is 66.5 Å². The molecule has 138 valence electrons. The molecule has 0 bridgehead atoms. The van der Waals surface area contributed by atoms with Crippen molar-refractivity contribution in [2.24, 2.45) is 0 Å². The highest BCUT2D eigenvalue weighted by Crippen LogP contribution is 2.50. The lowest BCUT2D eigenvalue weighted by molar-refractivity contribution is 0.477. The number of rotatable bonds is 4. The summed E-state index contributed by atoms with van der Waals surface area (Å²) in [5.41, 5.74) is 5.71. The van der Waals surface area contributed by atoms with Crippen LogP contribution in [0.15, 0.2) is 70.5 Å². The molecule has 1 aliphatic heterocycles. The van der Waals surface area contributed by atoms with Gasteiger partial charge in [0.05, 0.1) is 17.1 Å². The van der Waals surface area contributed by atoms with Crippen molar-refractivity contribution in [3.8, 4) is 5.75 Å². The summed E-state index contributed by atoms with van der Waals surface area (Å²) in [6.45, 7) is 7.16. The van der Waals surface area contributed by atoms with Gasteiger partial charge in [-0.3, -0.25) is 0 Å². The number of hydrogen-bond acceptors (Lipinski definition) is 4. The summed E-state index contributed by atoms with van der Waals surface area (Å²) in [5.74, 6) is 0.291. The normalized spacial score (nSPS) is 13.7. The monoisotopic (exact) mass is 376 g/mol. The Morgan fingerprint density at radius 3 is 2.63 bits per heavy atom. The summed E-state index contributed by atoms with van der Waals surface area (Å²) < 4.78 is 0. The molecule has 3 nitrogen and oxygen atoms in total. The van der Waals surface area contributed by atoms with E-state index in [1.807, 2.05) is 30.8 Å². The number of aromatic hydroxyl groups is 1. The summed E-state index contributed by atoms with van der Waals surface area (Å²) in [7, 11) is 0. The molecule has 0 spiro atoms. The Balaban J connectivity index is 1.67. The maximum atomic E-state index is 10.1. The quantitative estimate of drug-likeness (QED) is 0.538. The minimum absolute atomic E-state index is 0.215. The van der Waals surface area contributed by atoms with E-state index in [1.165, 1.54) is 26.7 Å². The standard InChI is InChI=1S/C23H24N2OS/c1-15-11-12-20(26)18(13-15)24-14-17(3)25-19-8-4-5-9-21(19)27-22-10-6-7-16(2)23(22)25/h4-13,17,24,26H,14H2,1-3H3. The zero-order valence-corrected chi connectivity index (χ0v) is 16.7. The van der Waals surface area contributed by atoms with Gasteiger partial charge in [0.2, 0.25) is 0 Å². The molecule has 0 fully saturated rings. The molecule has 1 unspecified atom stereocenters. The molecule has 4 heteroatoms. The van der Waals surface area contributed by atoms with Gasteiger partial charge in [0.15, 0.2) is 0 Å². The molecule has 0 saturated heterocycles. The molecular formula is C23H24N2OS. The van der Waals surface area contributed by atoms with E-state index >= 15 is 0 Å². The van der Waals surface area contributed by atoms with Crippen LogP contribution in [-0.4, -0.2) is 17.7 Å². The molecule has 0 saturated carbocycles. The van der Waals surface area contributed by atoms with Crippen LogP contribution in [0.5, 0.6) is 5.75 Å². The fourth-order valence-corrected chi connectivity index (χ4v) is 4.76. The van der Waals surface area contributed by atoms with Gasteiger partial charge in [-0.1, -0.05) is 42.1 Å². The van der Waals surface area contributed by atoms with Crippen LogP contribution in [0.3, 0.4) is 0 Å². The molecule has 0 radical (unpaired) electrons. The van der Waals surface area contributed by atoms with Crippen LogP contribution in [0.2, 0.25) is 0 Å². The second-order valence-electron chi connectivity index (χ2n) is 7.11. The Morgan fingerprint density at radius 2 is 1.78 bits per heavy atom. The second kappa shape index (κ2) is 7.20. The van der Waals surface area contributed by atoms with Gasteiger partial charge < -0.3 is 15.3 Å². The van der Waals surface area contributed by atoms with Gasteiger partial charge in [0.25, 0.3) is 0 Å². The number of para-hydroxylation sites is 2. The predicted molar refractivity (Wildman–Crippen MR) is 115 cm³/mol. The van der Waals surface area contributed by atoms with E-state index in [9.17, 15) is 5.11 Å². The van der Waals surface area contributed by atoms with E-state index in [-0.39, 0.29) is 6.04 Å². The molecule has 4 rings (SSSR count). The first-order valence-corrected chi connectivity index (χ1v) is 10.1. The first-order valence-electron chi connectivity index (χ1n) is 9.24. The van der Waals surface area contributed by atoms with Crippen molar-refractivity contribution >= 4 is 28.8 Å². The number of benzene rings is 3. The molecule has 3 aromatic carbocycles. The van der Waals surface area contributed by atoms with E-state index < -0.39 is 0 Å². The van der Waals surface area contributed by atoms with E-state index in [4.69, 9.17) is 0 Å². The predicted octanol–water partition coefficient (Wildman–Crippen LogP) is 6.11. The number of aryl methyl sites for hydroxylation is 2. The third-order valence-corrected chi connectivity index (χ3v) is 6.08. The van der Waals surface area contributed by atoms with Crippen LogP contribution in [0, 0.1) is 13.8 Å². The lowest BCUT2D eigenvalue weighted by Crippen LogP contribution is -2.36. The molecule has 1 heterocycles. The van der Waals surface area contributed by atoms with Gasteiger partial charge >= 0.3 is 0 Å². The maximum Gasteiger partial charge on any atom is 0.138 e. The van der Waals surface area contributed by atoms with Gasteiger partial charge in [-0.25, -0.2) is 0 Å². The van der Waals surface area contributed by atoms with Gasteiger partial charge in [0.1, 0.15) is 5.75 Å². The summed E-state index contributed by atoms with van der Waals surface area (Å²) in [6.07, 6.45) is 0. The highest BCUT2D eigenvalue weighted by Gasteiger charge is 2.28. The van der Waals surface area contributed by atoms with Crippen molar-refractivity contribution in [3.05, 3.63) is 71.8 Å². The fourth-order valence-electron chi connectivity index (χ4n) is 3.60. The third-order valence-electron chi connectivity index (χ3n) is 4.97. The van der Waals surface area contributed by atoms with Crippen LogP contribution in [0.25, 0.3) is 0 Å². The minimum atomic E-state index is 0.215. The number of nitrogens with one attached hydrogen (secondary N) is 1.